The molecule has 1 N–H and O–H groups in total. The van der Waals surface area contributed by atoms with E-state index in [0.717, 1.165) is 38.8 Å². The number of amides is 1. The molecule has 0 saturated carbocycles. The molecular formula is C14H21N3O. The van der Waals surface area contributed by atoms with Crippen LogP contribution in [0.5, 0.6) is 0 Å². The third-order valence-corrected chi connectivity index (χ3v) is 4.15. The first-order valence-corrected chi connectivity index (χ1v) is 7.21. The molecule has 1 aliphatic heterocycles. The SMILES string of the molecule is O=C(c1n[nH]c2c1CCCC2)N1CCCCCC1. The van der Waals surface area contributed by atoms with Gasteiger partial charge in [0.05, 0.1) is 0 Å². The Bertz CT molecular complexity index is 430. The van der Waals surface area contributed by atoms with Crippen LogP contribution in [0.4, 0.5) is 0 Å². The number of carbonyl (C=O) groups excluding carboxylic acids is 1. The molecule has 0 spiro atoms. The van der Waals surface area contributed by atoms with E-state index in [1.54, 1.807) is 0 Å². The third-order valence-electron chi connectivity index (χ3n) is 4.15. The number of carbonyl (C=O) groups is 1. The van der Waals surface area contributed by atoms with Gasteiger partial charge in [-0.15, -0.1) is 0 Å². The molecule has 3 rings (SSSR count). The number of likely N-dealkylation sites (tertiary alicyclic amines) is 1. The number of hydrogen-bond acceptors (Lipinski definition) is 2. The molecule has 18 heavy (non-hydrogen) atoms. The zero-order chi connectivity index (χ0) is 12.4. The largest absolute Gasteiger partial charge is 0.337 e. The van der Waals surface area contributed by atoms with Crippen LogP contribution < -0.4 is 0 Å². The maximum absolute atomic E-state index is 12.5. The van der Waals surface area contributed by atoms with Crippen LogP contribution >= 0.6 is 0 Å². The summed E-state index contributed by atoms with van der Waals surface area (Å²) in [6, 6.07) is 0. The minimum Gasteiger partial charge on any atom is -0.337 e. The van der Waals surface area contributed by atoms with Gasteiger partial charge >= 0.3 is 0 Å². The Balaban J connectivity index is 1.80. The van der Waals surface area contributed by atoms with Gasteiger partial charge in [0.25, 0.3) is 5.91 Å². The molecule has 4 heteroatoms. The van der Waals surface area contributed by atoms with Gasteiger partial charge in [-0.1, -0.05) is 12.8 Å². The second-order valence-corrected chi connectivity index (χ2v) is 5.44. The molecule has 1 amide bonds. The Morgan fingerprint density at radius 2 is 1.72 bits per heavy atom. The fourth-order valence-electron chi connectivity index (χ4n) is 3.08. The number of aryl methyl sites for hydroxylation is 1. The van der Waals surface area contributed by atoms with Crippen LogP contribution in [0.1, 0.15) is 60.3 Å². The number of hydrogen-bond donors (Lipinski definition) is 1. The number of nitrogens with one attached hydrogen (secondary N) is 1. The number of aromatic amines is 1. The number of aromatic nitrogens is 2. The smallest absolute Gasteiger partial charge is 0.274 e. The predicted octanol–water partition coefficient (Wildman–Crippen LogP) is 2.30. The number of H-pyrrole nitrogens is 1. The highest BCUT2D eigenvalue weighted by molar-refractivity contribution is 5.94. The van der Waals surface area contributed by atoms with E-state index in [-0.39, 0.29) is 5.91 Å². The van der Waals surface area contributed by atoms with Crippen LogP contribution in [0.3, 0.4) is 0 Å². The van der Waals surface area contributed by atoms with Crippen LogP contribution in [-0.2, 0) is 12.8 Å². The summed E-state index contributed by atoms with van der Waals surface area (Å²) in [5, 5.41) is 7.35. The van der Waals surface area contributed by atoms with E-state index < -0.39 is 0 Å². The molecule has 0 aromatic carbocycles. The van der Waals surface area contributed by atoms with Gasteiger partial charge < -0.3 is 4.90 Å². The van der Waals surface area contributed by atoms with Gasteiger partial charge in [-0.2, -0.15) is 5.10 Å². The fraction of sp³-hybridized carbons (Fsp3) is 0.714. The first kappa shape index (κ1) is 11.8. The molecule has 0 radical (unpaired) electrons. The molecule has 2 heterocycles. The topological polar surface area (TPSA) is 49.0 Å². The van der Waals surface area contributed by atoms with Crippen molar-refractivity contribution < 1.29 is 4.79 Å². The van der Waals surface area contributed by atoms with E-state index in [9.17, 15) is 4.79 Å². The van der Waals surface area contributed by atoms with Crippen LogP contribution in [0.25, 0.3) is 0 Å². The van der Waals surface area contributed by atoms with Gasteiger partial charge in [-0.25, -0.2) is 0 Å². The van der Waals surface area contributed by atoms with Crippen LogP contribution in [0, 0.1) is 0 Å². The first-order valence-electron chi connectivity index (χ1n) is 7.21. The minimum atomic E-state index is 0.149. The van der Waals surface area contributed by atoms with E-state index >= 15 is 0 Å². The van der Waals surface area contributed by atoms with Crippen molar-refractivity contribution in [3.8, 4) is 0 Å². The van der Waals surface area contributed by atoms with Crippen molar-refractivity contribution in [2.45, 2.75) is 51.4 Å². The lowest BCUT2D eigenvalue weighted by molar-refractivity contribution is 0.0754. The summed E-state index contributed by atoms with van der Waals surface area (Å²) >= 11 is 0. The van der Waals surface area contributed by atoms with Gasteiger partial charge in [-0.05, 0) is 38.5 Å². The number of fused-ring (bicyclic) bond motifs is 1. The van der Waals surface area contributed by atoms with E-state index in [1.165, 1.54) is 36.9 Å². The first-order chi connectivity index (χ1) is 8.86. The van der Waals surface area contributed by atoms with Crippen LogP contribution in [-0.4, -0.2) is 34.1 Å². The molecule has 0 unspecified atom stereocenters. The molecule has 1 saturated heterocycles. The summed E-state index contributed by atoms with van der Waals surface area (Å²) in [7, 11) is 0. The quantitative estimate of drug-likeness (QED) is 0.828. The molecule has 4 nitrogen and oxygen atoms in total. The van der Waals surface area contributed by atoms with Crippen molar-refractivity contribution >= 4 is 5.91 Å². The third kappa shape index (κ3) is 2.16. The Labute approximate surface area is 108 Å². The van der Waals surface area contributed by atoms with Crippen molar-refractivity contribution in [1.82, 2.24) is 15.1 Å². The standard InChI is InChI=1S/C14H21N3O/c18-14(17-9-5-1-2-6-10-17)13-11-7-3-4-8-12(11)15-16-13/h1-10H2,(H,15,16). The van der Waals surface area contributed by atoms with Gasteiger partial charge in [0.15, 0.2) is 5.69 Å². The summed E-state index contributed by atoms with van der Waals surface area (Å²) in [6.07, 6.45) is 9.25. The maximum atomic E-state index is 12.5. The molecular weight excluding hydrogens is 226 g/mol. The summed E-state index contributed by atoms with van der Waals surface area (Å²) in [6.45, 7) is 1.81. The van der Waals surface area contributed by atoms with Crippen molar-refractivity contribution in [3.63, 3.8) is 0 Å². The fourth-order valence-corrected chi connectivity index (χ4v) is 3.08. The van der Waals surface area contributed by atoms with Crippen LogP contribution in [0.2, 0.25) is 0 Å². The predicted molar refractivity (Wildman–Crippen MR) is 69.6 cm³/mol. The second-order valence-electron chi connectivity index (χ2n) is 5.44. The van der Waals surface area contributed by atoms with Crippen molar-refractivity contribution in [2.24, 2.45) is 0 Å². The van der Waals surface area contributed by atoms with E-state index in [1.807, 2.05) is 4.90 Å². The molecule has 1 aromatic heterocycles. The average Bonchev–Trinajstić information content (AvgIpc) is 2.65. The van der Waals surface area contributed by atoms with E-state index in [4.69, 9.17) is 0 Å². The Morgan fingerprint density at radius 1 is 1.00 bits per heavy atom. The molecule has 2 aliphatic rings. The van der Waals surface area contributed by atoms with Gasteiger partial charge in [0.1, 0.15) is 0 Å². The minimum absolute atomic E-state index is 0.149. The summed E-state index contributed by atoms with van der Waals surface area (Å²) in [5.41, 5.74) is 3.08. The highest BCUT2D eigenvalue weighted by Crippen LogP contribution is 2.23. The zero-order valence-electron chi connectivity index (χ0n) is 10.9. The monoisotopic (exact) mass is 247 g/mol. The van der Waals surface area contributed by atoms with Gasteiger partial charge in [0, 0.05) is 24.3 Å². The van der Waals surface area contributed by atoms with Gasteiger partial charge in [-0.3, -0.25) is 9.89 Å². The lowest BCUT2D eigenvalue weighted by Gasteiger charge is -2.20. The lowest BCUT2D eigenvalue weighted by Crippen LogP contribution is -2.32. The van der Waals surface area contributed by atoms with Crippen molar-refractivity contribution in [3.05, 3.63) is 17.0 Å². The molecule has 1 fully saturated rings. The summed E-state index contributed by atoms with van der Waals surface area (Å²) in [4.78, 5) is 14.5. The Hall–Kier alpha value is -1.32. The molecule has 98 valence electrons. The van der Waals surface area contributed by atoms with Crippen LogP contribution in [0.15, 0.2) is 0 Å². The maximum Gasteiger partial charge on any atom is 0.274 e. The molecule has 0 bridgehead atoms. The summed E-state index contributed by atoms with van der Waals surface area (Å²) < 4.78 is 0. The Kier molecular flexibility index (Phi) is 3.35. The number of rotatable bonds is 1. The normalized spacial score (nSPS) is 20.3. The van der Waals surface area contributed by atoms with Gasteiger partial charge in [0.2, 0.25) is 0 Å². The lowest BCUT2D eigenvalue weighted by atomic mass is 9.95. The highest BCUT2D eigenvalue weighted by Gasteiger charge is 2.25. The highest BCUT2D eigenvalue weighted by atomic mass is 16.2. The second kappa shape index (κ2) is 5.12. The van der Waals surface area contributed by atoms with E-state index in [2.05, 4.69) is 10.2 Å². The van der Waals surface area contributed by atoms with E-state index in [0.29, 0.717) is 5.69 Å². The van der Waals surface area contributed by atoms with Crippen molar-refractivity contribution in [2.75, 3.05) is 13.1 Å². The Morgan fingerprint density at radius 3 is 2.50 bits per heavy atom. The average molecular weight is 247 g/mol. The molecule has 1 aliphatic carbocycles. The number of nitrogens with zero attached hydrogens (tertiary/aromatic N) is 2. The zero-order valence-corrected chi connectivity index (χ0v) is 10.9. The van der Waals surface area contributed by atoms with Crippen molar-refractivity contribution in [1.29, 1.82) is 0 Å². The summed E-state index contributed by atoms with van der Waals surface area (Å²) in [5.74, 6) is 0.149. The molecule has 1 aromatic rings. The molecule has 0 atom stereocenters.